The van der Waals surface area contributed by atoms with Gasteiger partial charge in [0.05, 0.1) is 16.7 Å². The first-order chi connectivity index (χ1) is 19.8. The molecule has 0 N–H and O–H groups in total. The van der Waals surface area contributed by atoms with Crippen LogP contribution in [0.25, 0.3) is 22.1 Å². The summed E-state index contributed by atoms with van der Waals surface area (Å²) in [4.78, 5) is 31.0. The second-order valence-corrected chi connectivity index (χ2v) is 10.8. The highest BCUT2D eigenvalue weighted by Gasteiger charge is 2.34. The van der Waals surface area contributed by atoms with Gasteiger partial charge in [0.25, 0.3) is 5.91 Å². The van der Waals surface area contributed by atoms with Crippen LogP contribution in [0.2, 0.25) is 0 Å². The number of amides is 1. The van der Waals surface area contributed by atoms with Gasteiger partial charge in [-0.05, 0) is 62.5 Å². The zero-order valence-corrected chi connectivity index (χ0v) is 23.9. The number of ether oxygens (including phenoxy) is 1. The van der Waals surface area contributed by atoms with Gasteiger partial charge in [-0.2, -0.15) is 0 Å². The summed E-state index contributed by atoms with van der Waals surface area (Å²) in [5, 5.41) is 8.23. The fraction of sp³-hybridized carbons (Fsp3) is 0.290. The molecule has 1 aliphatic heterocycles. The van der Waals surface area contributed by atoms with Crippen LogP contribution >= 0.6 is 0 Å². The van der Waals surface area contributed by atoms with Crippen LogP contribution in [-0.4, -0.2) is 67.9 Å². The third-order valence-electron chi connectivity index (χ3n) is 7.40. The summed E-state index contributed by atoms with van der Waals surface area (Å²) < 4.78 is 7.91. The molecule has 0 bridgehead atoms. The van der Waals surface area contributed by atoms with E-state index >= 15 is 0 Å². The average molecular weight is 549 g/mol. The lowest BCUT2D eigenvalue weighted by atomic mass is 10.0. The van der Waals surface area contributed by atoms with Crippen molar-refractivity contribution in [3.63, 3.8) is 0 Å². The predicted molar refractivity (Wildman–Crippen MR) is 158 cm³/mol. The summed E-state index contributed by atoms with van der Waals surface area (Å²) in [5.74, 6) is 2.24. The second-order valence-electron chi connectivity index (χ2n) is 10.8. The first-order valence-corrected chi connectivity index (χ1v) is 13.6. The molecule has 0 spiro atoms. The molecule has 41 heavy (non-hydrogen) atoms. The summed E-state index contributed by atoms with van der Waals surface area (Å²) in [6.07, 6.45) is 4.16. The minimum atomic E-state index is 0.00858. The second kappa shape index (κ2) is 10.7. The molecule has 4 heterocycles. The Morgan fingerprint density at radius 2 is 1.93 bits per heavy atom. The number of carbonyl (C=O) groups excluding carboxylic acids is 1. The predicted octanol–water partition coefficient (Wildman–Crippen LogP) is 4.47. The van der Waals surface area contributed by atoms with Crippen LogP contribution in [0, 0.1) is 12.8 Å². The average Bonchev–Trinajstić information content (AvgIpc) is 3.46. The van der Waals surface area contributed by atoms with Crippen LogP contribution in [0.3, 0.4) is 0 Å². The number of rotatable bonds is 7. The van der Waals surface area contributed by atoms with E-state index in [9.17, 15) is 4.79 Å². The third-order valence-corrected chi connectivity index (χ3v) is 7.40. The lowest BCUT2D eigenvalue weighted by molar-refractivity contribution is -0.114. The molecule has 3 aromatic heterocycles. The Balaban J connectivity index is 1.24. The number of anilines is 1. The molecular weight excluding hydrogens is 516 g/mol. The molecule has 10 nitrogen and oxygen atoms in total. The van der Waals surface area contributed by atoms with Gasteiger partial charge in [0.1, 0.15) is 34.7 Å². The minimum absolute atomic E-state index is 0.00858. The molecule has 0 saturated carbocycles. The van der Waals surface area contributed by atoms with Crippen LogP contribution in [0.4, 0.5) is 5.82 Å². The number of nitrogens with zero attached hydrogens (tertiary/aromatic N) is 8. The highest BCUT2D eigenvalue weighted by atomic mass is 16.5. The van der Waals surface area contributed by atoms with Crippen molar-refractivity contribution in [1.29, 1.82) is 0 Å². The number of aryl methyl sites for hydroxylation is 2. The first kappa shape index (κ1) is 26.5. The molecule has 1 amide bonds. The molecule has 1 saturated heterocycles. The molecule has 0 radical (unpaired) electrons. The lowest BCUT2D eigenvalue weighted by Crippen LogP contribution is -2.26. The van der Waals surface area contributed by atoms with Crippen LogP contribution in [0.15, 0.2) is 66.5 Å². The molecule has 5 aromatic rings. The first-order valence-electron chi connectivity index (χ1n) is 13.6. The van der Waals surface area contributed by atoms with E-state index in [2.05, 4.69) is 33.3 Å². The van der Waals surface area contributed by atoms with E-state index in [1.807, 2.05) is 81.5 Å². The number of likely N-dealkylation sites (N-methyl/N-ethyl adjacent to an activating group) is 1. The van der Waals surface area contributed by atoms with Crippen molar-refractivity contribution in [3.05, 3.63) is 83.3 Å². The Kier molecular flexibility index (Phi) is 6.92. The fourth-order valence-corrected chi connectivity index (χ4v) is 5.19. The van der Waals surface area contributed by atoms with E-state index in [0.717, 1.165) is 51.2 Å². The van der Waals surface area contributed by atoms with Crippen LogP contribution in [0.1, 0.15) is 23.7 Å². The molecule has 208 valence electrons. The summed E-state index contributed by atoms with van der Waals surface area (Å²) in [7, 11) is 5.85. The van der Waals surface area contributed by atoms with Crippen molar-refractivity contribution >= 4 is 33.8 Å². The number of pyridine rings is 1. The number of benzene rings is 2. The summed E-state index contributed by atoms with van der Waals surface area (Å²) >= 11 is 0. The van der Waals surface area contributed by atoms with Gasteiger partial charge in [0.15, 0.2) is 0 Å². The Hall–Kier alpha value is -4.70. The smallest absolute Gasteiger partial charge is 0.255 e. The van der Waals surface area contributed by atoms with Gasteiger partial charge in [-0.15, -0.1) is 5.10 Å². The molecule has 1 fully saturated rings. The Labute approximate surface area is 238 Å². The Morgan fingerprint density at radius 1 is 1.07 bits per heavy atom. The van der Waals surface area contributed by atoms with E-state index in [-0.39, 0.29) is 11.8 Å². The topological polar surface area (TPSA) is 102 Å². The summed E-state index contributed by atoms with van der Waals surface area (Å²) in [6.45, 7) is 5.43. The molecule has 6 rings (SSSR count). The molecule has 0 unspecified atom stereocenters. The Bertz CT molecular complexity index is 1810. The van der Waals surface area contributed by atoms with Crippen LogP contribution in [-0.2, 0) is 18.3 Å². The molecule has 10 heteroatoms. The lowest BCUT2D eigenvalue weighted by Gasteiger charge is -2.16. The molecule has 1 aliphatic rings. The monoisotopic (exact) mass is 548 g/mol. The molecular formula is C31H32N8O2. The van der Waals surface area contributed by atoms with Crippen molar-refractivity contribution in [3.8, 4) is 11.5 Å². The van der Waals surface area contributed by atoms with Gasteiger partial charge in [-0.25, -0.2) is 19.6 Å². The van der Waals surface area contributed by atoms with Crippen molar-refractivity contribution in [1.82, 2.24) is 34.8 Å². The summed E-state index contributed by atoms with van der Waals surface area (Å²) in [6, 6.07) is 15.6. The number of aromatic nitrogens is 6. The van der Waals surface area contributed by atoms with Crippen molar-refractivity contribution in [2.24, 2.45) is 13.0 Å². The van der Waals surface area contributed by atoms with Gasteiger partial charge in [-0.1, -0.05) is 30.3 Å². The summed E-state index contributed by atoms with van der Waals surface area (Å²) in [5.41, 5.74) is 6.90. The zero-order valence-electron chi connectivity index (χ0n) is 23.9. The highest BCUT2D eigenvalue weighted by Crippen LogP contribution is 2.31. The van der Waals surface area contributed by atoms with E-state index in [4.69, 9.17) is 9.72 Å². The van der Waals surface area contributed by atoms with Gasteiger partial charge in [0, 0.05) is 44.1 Å². The normalized spacial score (nSPS) is 16.5. The zero-order chi connectivity index (χ0) is 28.7. The van der Waals surface area contributed by atoms with Crippen molar-refractivity contribution in [2.45, 2.75) is 20.3 Å². The Morgan fingerprint density at radius 3 is 2.73 bits per heavy atom. The van der Waals surface area contributed by atoms with Gasteiger partial charge < -0.3 is 9.64 Å². The van der Waals surface area contributed by atoms with Gasteiger partial charge >= 0.3 is 0 Å². The van der Waals surface area contributed by atoms with Crippen molar-refractivity contribution < 1.29 is 9.53 Å². The van der Waals surface area contributed by atoms with Gasteiger partial charge in [-0.3, -0.25) is 9.69 Å². The SMILES string of the molecule is Cc1cc(Cc2ncnc3ccc(N4C[C@H](C)/C(=C\CN(C)C)C4=O)nc23)ccc1Oc1ccc2c(c1)nnn2C. The van der Waals surface area contributed by atoms with E-state index < -0.39 is 0 Å². The minimum Gasteiger partial charge on any atom is -0.457 e. The maximum atomic E-state index is 13.3. The van der Waals surface area contributed by atoms with Crippen molar-refractivity contribution in [2.75, 3.05) is 32.1 Å². The maximum absolute atomic E-state index is 13.3. The van der Waals surface area contributed by atoms with E-state index in [1.54, 1.807) is 15.9 Å². The van der Waals surface area contributed by atoms with Gasteiger partial charge in [0.2, 0.25) is 0 Å². The largest absolute Gasteiger partial charge is 0.457 e. The number of hydrogen-bond acceptors (Lipinski definition) is 8. The molecule has 0 aliphatic carbocycles. The number of fused-ring (bicyclic) bond motifs is 2. The molecule has 2 aromatic carbocycles. The molecule has 1 atom stereocenters. The highest BCUT2D eigenvalue weighted by molar-refractivity contribution is 6.08. The number of hydrogen-bond donors (Lipinski definition) is 0. The van der Waals surface area contributed by atoms with Crippen LogP contribution < -0.4 is 9.64 Å². The number of carbonyl (C=O) groups is 1. The van der Waals surface area contributed by atoms with Crippen LogP contribution in [0.5, 0.6) is 11.5 Å². The quantitative estimate of drug-likeness (QED) is 0.275. The standard InChI is InChI=1S/C31H32N8O2/c1-19-14-21(6-10-28(19)41-22-7-9-27-25(16-22)35-36-38(27)5)15-26-30-24(32-18-33-26)8-11-29(34-30)39-17-20(2)23(31(39)40)12-13-37(3)4/h6-12,14,16,18,20H,13,15,17H2,1-5H3/b23-12+/t20-/m0/s1. The maximum Gasteiger partial charge on any atom is 0.255 e. The fourth-order valence-electron chi connectivity index (χ4n) is 5.19. The van der Waals surface area contributed by atoms with E-state index in [0.29, 0.717) is 30.0 Å². The van der Waals surface area contributed by atoms with E-state index in [1.165, 1.54) is 0 Å². The third kappa shape index (κ3) is 5.26.